The van der Waals surface area contributed by atoms with Crippen LogP contribution in [0.25, 0.3) is 23.1 Å². The Morgan fingerprint density at radius 3 is 2.62 bits per heavy atom. The molecule has 192 valence electrons. The lowest BCUT2D eigenvalue weighted by molar-refractivity contribution is 0.570. The molecule has 39 heavy (non-hydrogen) atoms. The number of benzene rings is 3. The van der Waals surface area contributed by atoms with Gasteiger partial charge in [0.15, 0.2) is 4.80 Å². The van der Waals surface area contributed by atoms with Crippen molar-refractivity contribution in [2.45, 2.75) is 25.8 Å². The van der Waals surface area contributed by atoms with E-state index in [2.05, 4.69) is 87.3 Å². The topological polar surface area (TPSA) is 47.5 Å². The van der Waals surface area contributed by atoms with Crippen molar-refractivity contribution in [3.8, 4) is 11.3 Å². The lowest BCUT2D eigenvalue weighted by Crippen LogP contribution is -2.38. The molecular formula is C32H22Br2N2O2S. The molecule has 4 nitrogen and oxygen atoms in total. The van der Waals surface area contributed by atoms with Crippen LogP contribution in [0.4, 0.5) is 0 Å². The van der Waals surface area contributed by atoms with Gasteiger partial charge in [0.2, 0.25) is 0 Å². The van der Waals surface area contributed by atoms with Crippen LogP contribution in [0.2, 0.25) is 0 Å². The molecule has 3 heterocycles. The van der Waals surface area contributed by atoms with Crippen LogP contribution in [0, 0.1) is 6.92 Å². The third-order valence-electron chi connectivity index (χ3n) is 7.35. The van der Waals surface area contributed by atoms with E-state index in [1.807, 2.05) is 41.0 Å². The van der Waals surface area contributed by atoms with E-state index in [1.165, 1.54) is 28.0 Å². The second-order valence-corrected chi connectivity index (χ2v) is 12.6. The van der Waals surface area contributed by atoms with Gasteiger partial charge in [0.1, 0.15) is 11.5 Å². The zero-order valence-electron chi connectivity index (χ0n) is 20.9. The number of furan rings is 1. The highest BCUT2D eigenvalue weighted by Gasteiger charge is 2.32. The molecule has 1 atom stereocenters. The third-order valence-corrected chi connectivity index (χ3v) is 9.52. The van der Waals surface area contributed by atoms with E-state index in [0.717, 1.165) is 49.9 Å². The monoisotopic (exact) mass is 656 g/mol. The number of hydrogen-bond donors (Lipinski definition) is 0. The highest BCUT2D eigenvalue weighted by molar-refractivity contribution is 9.10. The molecule has 7 rings (SSSR count). The summed E-state index contributed by atoms with van der Waals surface area (Å²) in [6, 6.07) is 26.6. The van der Waals surface area contributed by atoms with Gasteiger partial charge in [-0.05, 0) is 78.4 Å². The van der Waals surface area contributed by atoms with E-state index in [1.54, 1.807) is 0 Å². The first-order valence-electron chi connectivity index (χ1n) is 12.7. The van der Waals surface area contributed by atoms with Gasteiger partial charge >= 0.3 is 0 Å². The highest BCUT2D eigenvalue weighted by Crippen LogP contribution is 2.41. The van der Waals surface area contributed by atoms with E-state index in [-0.39, 0.29) is 11.6 Å². The Morgan fingerprint density at radius 1 is 0.974 bits per heavy atom. The van der Waals surface area contributed by atoms with Crippen molar-refractivity contribution in [2.75, 3.05) is 0 Å². The van der Waals surface area contributed by atoms with Gasteiger partial charge in [0, 0.05) is 26.1 Å². The second-order valence-electron chi connectivity index (χ2n) is 9.85. The van der Waals surface area contributed by atoms with Crippen molar-refractivity contribution in [1.82, 2.24) is 4.57 Å². The molecule has 0 spiro atoms. The number of hydrogen-bond acceptors (Lipinski definition) is 4. The fraction of sp³-hybridized carbons (Fsp3) is 0.125. The fourth-order valence-electron chi connectivity index (χ4n) is 5.49. The average molecular weight is 658 g/mol. The molecular weight excluding hydrogens is 636 g/mol. The second kappa shape index (κ2) is 9.73. The normalized spacial score (nSPS) is 16.5. The van der Waals surface area contributed by atoms with E-state index in [9.17, 15) is 4.79 Å². The third kappa shape index (κ3) is 4.33. The van der Waals surface area contributed by atoms with Crippen molar-refractivity contribution >= 4 is 55.0 Å². The number of allylic oxidation sites excluding steroid dienone is 1. The lowest BCUT2D eigenvalue weighted by Gasteiger charge is -2.30. The summed E-state index contributed by atoms with van der Waals surface area (Å²) in [6.07, 6.45) is 3.64. The molecule has 1 aliphatic heterocycles. The van der Waals surface area contributed by atoms with Crippen LogP contribution in [0.5, 0.6) is 0 Å². The molecule has 2 aliphatic rings. The number of aromatic nitrogens is 1. The molecule has 1 aliphatic carbocycles. The SMILES string of the molecule is Cc1ccc(-c2ccc(/C=c3\sc4n(c3=O)[C@H](c3ccc(Br)cc3)C3=C(N=4)c4ccccc4CC3)o2)c(Br)c1. The van der Waals surface area contributed by atoms with Crippen molar-refractivity contribution < 1.29 is 4.42 Å². The van der Waals surface area contributed by atoms with Gasteiger partial charge in [-0.2, -0.15) is 0 Å². The van der Waals surface area contributed by atoms with Crippen LogP contribution in [-0.2, 0) is 6.42 Å². The van der Waals surface area contributed by atoms with E-state index in [4.69, 9.17) is 9.41 Å². The maximum Gasteiger partial charge on any atom is 0.271 e. The van der Waals surface area contributed by atoms with Crippen LogP contribution in [0.3, 0.4) is 0 Å². The summed E-state index contributed by atoms with van der Waals surface area (Å²) < 4.78 is 10.6. The van der Waals surface area contributed by atoms with Crippen LogP contribution in [0.15, 0.2) is 108 Å². The van der Waals surface area contributed by atoms with Gasteiger partial charge in [0.05, 0.1) is 16.3 Å². The Kier molecular flexibility index (Phi) is 6.18. The molecule has 5 aromatic rings. The molecule has 7 heteroatoms. The number of nitrogens with zero attached hydrogens (tertiary/aromatic N) is 2. The van der Waals surface area contributed by atoms with Crippen LogP contribution >= 0.6 is 43.2 Å². The summed E-state index contributed by atoms with van der Waals surface area (Å²) in [5.41, 5.74) is 7.84. The number of aryl methyl sites for hydroxylation is 2. The first kappa shape index (κ1) is 24.8. The van der Waals surface area contributed by atoms with Crippen molar-refractivity contribution in [2.24, 2.45) is 4.99 Å². The molecule has 0 bridgehead atoms. The molecule has 3 aromatic carbocycles. The summed E-state index contributed by atoms with van der Waals surface area (Å²) in [5, 5.41) is 0. The summed E-state index contributed by atoms with van der Waals surface area (Å²) in [7, 11) is 0. The minimum atomic E-state index is -0.199. The van der Waals surface area contributed by atoms with Crippen molar-refractivity contribution in [3.05, 3.63) is 141 Å². The molecule has 0 radical (unpaired) electrons. The van der Waals surface area contributed by atoms with Gasteiger partial charge in [-0.3, -0.25) is 9.36 Å². The molecule has 0 fully saturated rings. The summed E-state index contributed by atoms with van der Waals surface area (Å²) >= 11 is 8.62. The quantitative estimate of drug-likeness (QED) is 0.203. The Labute approximate surface area is 245 Å². The predicted molar refractivity (Wildman–Crippen MR) is 163 cm³/mol. The Morgan fingerprint density at radius 2 is 1.79 bits per heavy atom. The largest absolute Gasteiger partial charge is 0.457 e. The zero-order chi connectivity index (χ0) is 26.7. The van der Waals surface area contributed by atoms with Crippen LogP contribution in [-0.4, -0.2) is 4.57 Å². The minimum absolute atomic E-state index is 0.0495. The van der Waals surface area contributed by atoms with Gasteiger partial charge in [-0.15, -0.1) is 0 Å². The summed E-state index contributed by atoms with van der Waals surface area (Å²) in [5.74, 6) is 1.39. The van der Waals surface area contributed by atoms with Crippen molar-refractivity contribution in [1.29, 1.82) is 0 Å². The predicted octanol–water partition coefficient (Wildman–Crippen LogP) is 7.41. The van der Waals surface area contributed by atoms with Crippen LogP contribution < -0.4 is 14.9 Å². The zero-order valence-corrected chi connectivity index (χ0v) is 24.9. The maximum atomic E-state index is 14.0. The number of halogens is 2. The Hall–Kier alpha value is -3.26. The fourth-order valence-corrected chi connectivity index (χ4v) is 7.43. The minimum Gasteiger partial charge on any atom is -0.457 e. The molecule has 2 aromatic heterocycles. The van der Waals surface area contributed by atoms with E-state index < -0.39 is 0 Å². The Balaban J connectivity index is 1.39. The van der Waals surface area contributed by atoms with Gasteiger partial charge < -0.3 is 4.42 Å². The first-order valence-corrected chi connectivity index (χ1v) is 15.1. The highest BCUT2D eigenvalue weighted by atomic mass is 79.9. The maximum absolute atomic E-state index is 14.0. The standard InChI is InChI=1S/C32H22Br2N2O2S/c1-18-6-13-24(26(34)16-18)27-15-12-22(38-27)17-28-31(37)36-30(20-7-10-21(33)11-8-20)25-14-9-19-4-2-3-5-23(19)29(25)35-32(36)39-28/h2-8,10-13,15-17,30H,9,14H2,1H3/b28-17-/t30-/m1/s1. The van der Waals surface area contributed by atoms with E-state index >= 15 is 0 Å². The molecule has 0 unspecified atom stereocenters. The van der Waals surface area contributed by atoms with Gasteiger partial charge in [-0.1, -0.05) is 85.7 Å². The molecule has 0 N–H and O–H groups in total. The van der Waals surface area contributed by atoms with Crippen molar-refractivity contribution in [3.63, 3.8) is 0 Å². The van der Waals surface area contributed by atoms with Crippen LogP contribution in [0.1, 0.15) is 40.5 Å². The summed E-state index contributed by atoms with van der Waals surface area (Å²) in [4.78, 5) is 19.8. The molecule has 0 saturated carbocycles. The average Bonchev–Trinajstić information content (AvgIpc) is 3.52. The molecule has 0 amide bonds. The lowest BCUT2D eigenvalue weighted by atomic mass is 9.83. The van der Waals surface area contributed by atoms with E-state index in [0.29, 0.717) is 15.1 Å². The number of thiazole rings is 1. The Bertz CT molecular complexity index is 1980. The first-order chi connectivity index (χ1) is 19.0. The molecule has 0 saturated heterocycles. The smallest absolute Gasteiger partial charge is 0.271 e. The van der Waals surface area contributed by atoms with Gasteiger partial charge in [-0.25, -0.2) is 4.99 Å². The number of rotatable bonds is 3. The number of fused-ring (bicyclic) bond motifs is 3. The summed E-state index contributed by atoms with van der Waals surface area (Å²) in [6.45, 7) is 2.06. The van der Waals surface area contributed by atoms with Gasteiger partial charge in [0.25, 0.3) is 5.56 Å².